The summed E-state index contributed by atoms with van der Waals surface area (Å²) in [6, 6.07) is 8.96. The van der Waals surface area contributed by atoms with E-state index in [0.29, 0.717) is 16.5 Å². The van der Waals surface area contributed by atoms with Gasteiger partial charge in [0.25, 0.3) is 0 Å². The van der Waals surface area contributed by atoms with Crippen LogP contribution in [0.1, 0.15) is 0 Å². The van der Waals surface area contributed by atoms with Crippen LogP contribution in [0.25, 0.3) is 0 Å². The number of methoxy groups -OCH3 is 2. The van der Waals surface area contributed by atoms with Gasteiger partial charge in [0.05, 0.1) is 30.8 Å². The van der Waals surface area contributed by atoms with Crippen molar-refractivity contribution in [1.82, 2.24) is 4.31 Å². The van der Waals surface area contributed by atoms with Crippen molar-refractivity contribution < 1.29 is 22.7 Å². The minimum atomic E-state index is -4.00. The highest BCUT2D eigenvalue weighted by Gasteiger charge is 2.27. The van der Waals surface area contributed by atoms with Crippen molar-refractivity contribution in [3.8, 4) is 11.5 Å². The number of amides is 1. The molecule has 2 aromatic carbocycles. The number of anilines is 1. The molecule has 0 aliphatic heterocycles. The Kier molecular flexibility index (Phi) is 6.94. The number of hydrogen-bond donors (Lipinski definition) is 1. The van der Waals surface area contributed by atoms with Gasteiger partial charge in [0.15, 0.2) is 0 Å². The van der Waals surface area contributed by atoms with E-state index in [1.807, 2.05) is 0 Å². The SMILES string of the molecule is COc1ccc(OC)c(S(=O)(=O)N(C)CC(=O)Nc2ccc(Cl)c(Cl)c2)c1. The van der Waals surface area contributed by atoms with Crippen LogP contribution < -0.4 is 14.8 Å². The molecule has 0 fully saturated rings. The lowest BCUT2D eigenvalue weighted by atomic mass is 10.3. The van der Waals surface area contributed by atoms with Crippen molar-refractivity contribution in [2.24, 2.45) is 0 Å². The number of nitrogens with zero attached hydrogens (tertiary/aromatic N) is 1. The summed E-state index contributed by atoms with van der Waals surface area (Å²) < 4.78 is 36.8. The molecular formula is C17H18Cl2N2O5S. The molecule has 0 heterocycles. The lowest BCUT2D eigenvalue weighted by Crippen LogP contribution is -2.35. The van der Waals surface area contributed by atoms with Gasteiger partial charge in [-0.3, -0.25) is 4.79 Å². The number of rotatable bonds is 7. The Morgan fingerprint density at radius 3 is 2.37 bits per heavy atom. The second kappa shape index (κ2) is 8.79. The lowest BCUT2D eigenvalue weighted by Gasteiger charge is -2.19. The molecule has 2 aromatic rings. The van der Waals surface area contributed by atoms with Crippen LogP contribution in [0, 0.1) is 0 Å². The second-order valence-electron chi connectivity index (χ2n) is 5.45. The topological polar surface area (TPSA) is 84.9 Å². The third-order valence-corrected chi connectivity index (χ3v) is 6.19. The molecule has 0 radical (unpaired) electrons. The first kappa shape index (κ1) is 21.3. The molecular weight excluding hydrogens is 415 g/mol. The van der Waals surface area contributed by atoms with Crippen molar-refractivity contribution in [3.63, 3.8) is 0 Å². The smallest absolute Gasteiger partial charge is 0.247 e. The maximum atomic E-state index is 12.8. The Morgan fingerprint density at radius 2 is 1.78 bits per heavy atom. The van der Waals surface area contributed by atoms with Crippen LogP contribution >= 0.6 is 23.2 Å². The van der Waals surface area contributed by atoms with Crippen LogP contribution in [0.3, 0.4) is 0 Å². The van der Waals surface area contributed by atoms with E-state index >= 15 is 0 Å². The minimum absolute atomic E-state index is 0.103. The summed E-state index contributed by atoms with van der Waals surface area (Å²) in [4.78, 5) is 12.1. The van der Waals surface area contributed by atoms with Gasteiger partial charge in [0.1, 0.15) is 16.4 Å². The molecule has 0 unspecified atom stereocenters. The van der Waals surface area contributed by atoms with Crippen molar-refractivity contribution in [3.05, 3.63) is 46.4 Å². The van der Waals surface area contributed by atoms with Gasteiger partial charge in [0, 0.05) is 18.8 Å². The van der Waals surface area contributed by atoms with E-state index in [0.717, 1.165) is 4.31 Å². The summed E-state index contributed by atoms with van der Waals surface area (Å²) in [6.45, 7) is -0.414. The first-order chi connectivity index (χ1) is 12.7. The Bertz CT molecular complexity index is 950. The van der Waals surface area contributed by atoms with Gasteiger partial charge in [-0.1, -0.05) is 23.2 Å². The fraction of sp³-hybridized carbons (Fsp3) is 0.235. The number of benzene rings is 2. The van der Waals surface area contributed by atoms with Crippen molar-refractivity contribution in [2.45, 2.75) is 4.90 Å². The molecule has 7 nitrogen and oxygen atoms in total. The van der Waals surface area contributed by atoms with Crippen molar-refractivity contribution in [2.75, 3.05) is 33.1 Å². The first-order valence-corrected chi connectivity index (χ1v) is 9.82. The molecule has 27 heavy (non-hydrogen) atoms. The van der Waals surface area contributed by atoms with Gasteiger partial charge in [0.2, 0.25) is 15.9 Å². The van der Waals surface area contributed by atoms with E-state index in [1.54, 1.807) is 12.1 Å². The molecule has 1 amide bonds. The van der Waals surface area contributed by atoms with Gasteiger partial charge >= 0.3 is 0 Å². The number of nitrogens with one attached hydrogen (secondary N) is 1. The molecule has 10 heteroatoms. The molecule has 1 N–H and O–H groups in total. The molecule has 146 valence electrons. The average molecular weight is 433 g/mol. The maximum absolute atomic E-state index is 12.8. The van der Waals surface area contributed by atoms with Gasteiger partial charge in [-0.25, -0.2) is 8.42 Å². The molecule has 0 aliphatic carbocycles. The normalized spacial score (nSPS) is 11.3. The third kappa shape index (κ3) is 5.04. The lowest BCUT2D eigenvalue weighted by molar-refractivity contribution is -0.116. The fourth-order valence-corrected chi connectivity index (χ4v) is 3.81. The van der Waals surface area contributed by atoms with Crippen LogP contribution in [-0.4, -0.2) is 46.4 Å². The monoisotopic (exact) mass is 432 g/mol. The molecule has 0 atom stereocenters. The summed E-state index contributed by atoms with van der Waals surface area (Å²) >= 11 is 11.7. The fourth-order valence-electron chi connectivity index (χ4n) is 2.22. The number of hydrogen-bond acceptors (Lipinski definition) is 5. The minimum Gasteiger partial charge on any atom is -0.497 e. The Balaban J connectivity index is 2.19. The summed E-state index contributed by atoms with van der Waals surface area (Å²) in [5.74, 6) is -0.0445. The van der Waals surface area contributed by atoms with Crippen molar-refractivity contribution >= 4 is 44.8 Å². The Labute approximate surface area is 167 Å². The summed E-state index contributed by atoms with van der Waals surface area (Å²) in [5, 5.41) is 3.19. The molecule has 0 spiro atoms. The predicted octanol–water partition coefficient (Wildman–Crippen LogP) is 3.27. The highest BCUT2D eigenvalue weighted by atomic mass is 35.5. The van der Waals surface area contributed by atoms with Gasteiger partial charge in [-0.2, -0.15) is 4.31 Å². The second-order valence-corrected chi connectivity index (χ2v) is 8.28. The van der Waals surface area contributed by atoms with Gasteiger partial charge in [-0.15, -0.1) is 0 Å². The Hall–Kier alpha value is -2.00. The third-order valence-electron chi connectivity index (χ3n) is 3.63. The van der Waals surface area contributed by atoms with Crippen molar-refractivity contribution in [1.29, 1.82) is 0 Å². The van der Waals surface area contributed by atoms with E-state index in [4.69, 9.17) is 32.7 Å². The van der Waals surface area contributed by atoms with Crippen LogP contribution in [0.15, 0.2) is 41.3 Å². The molecule has 0 saturated heterocycles. The van der Waals surface area contributed by atoms with E-state index in [2.05, 4.69) is 5.32 Å². The van der Waals surface area contributed by atoms with Crippen LogP contribution in [0.4, 0.5) is 5.69 Å². The number of sulfonamides is 1. The number of ether oxygens (including phenoxy) is 2. The van der Waals surface area contributed by atoms with Crippen LogP contribution in [-0.2, 0) is 14.8 Å². The summed E-state index contributed by atoms with van der Waals surface area (Å²) in [7, 11) is 0.0803. The number of carbonyl (C=O) groups excluding carboxylic acids is 1. The maximum Gasteiger partial charge on any atom is 0.247 e. The summed E-state index contributed by atoms with van der Waals surface area (Å²) in [5.41, 5.74) is 0.402. The van der Waals surface area contributed by atoms with E-state index in [-0.39, 0.29) is 15.7 Å². The molecule has 0 aromatic heterocycles. The number of carbonyl (C=O) groups is 1. The van der Waals surface area contributed by atoms with Crippen LogP contribution in [0.2, 0.25) is 10.0 Å². The molecule has 2 rings (SSSR count). The zero-order valence-electron chi connectivity index (χ0n) is 14.8. The highest BCUT2D eigenvalue weighted by Crippen LogP contribution is 2.30. The average Bonchev–Trinajstić information content (AvgIpc) is 2.63. The standard InChI is InChI=1S/C17H18Cl2N2O5S/c1-21(10-17(22)20-11-4-6-13(18)14(19)8-11)27(23,24)16-9-12(25-2)5-7-15(16)26-3/h4-9H,10H2,1-3H3,(H,20,22). The molecule has 0 saturated carbocycles. The summed E-state index contributed by atoms with van der Waals surface area (Å²) in [6.07, 6.45) is 0. The van der Waals surface area contributed by atoms with E-state index < -0.39 is 22.5 Å². The van der Waals surface area contributed by atoms with Gasteiger partial charge in [-0.05, 0) is 30.3 Å². The number of likely N-dealkylation sites (N-methyl/N-ethyl adjacent to an activating group) is 1. The predicted molar refractivity (Wildman–Crippen MR) is 104 cm³/mol. The number of halogens is 2. The van der Waals surface area contributed by atoms with E-state index in [1.165, 1.54) is 45.5 Å². The van der Waals surface area contributed by atoms with E-state index in [9.17, 15) is 13.2 Å². The molecule has 0 aliphatic rings. The van der Waals surface area contributed by atoms with Crippen LogP contribution in [0.5, 0.6) is 11.5 Å². The largest absolute Gasteiger partial charge is 0.497 e. The molecule has 0 bridgehead atoms. The Morgan fingerprint density at radius 1 is 1.07 bits per heavy atom. The zero-order valence-corrected chi connectivity index (χ0v) is 17.2. The van der Waals surface area contributed by atoms with Gasteiger partial charge < -0.3 is 14.8 Å². The zero-order chi connectivity index (χ0) is 20.2. The first-order valence-electron chi connectivity index (χ1n) is 7.62. The highest BCUT2D eigenvalue weighted by molar-refractivity contribution is 7.89. The quantitative estimate of drug-likeness (QED) is 0.725.